The Hall–Kier alpha value is -4.24. The second kappa shape index (κ2) is 9.41. The molecule has 41 heavy (non-hydrogen) atoms. The lowest BCUT2D eigenvalue weighted by molar-refractivity contribution is 0.0556. The third kappa shape index (κ3) is 4.26. The number of rotatable bonds is 5. The minimum atomic E-state index is -3.74. The molecule has 5 aromatic rings. The van der Waals surface area contributed by atoms with E-state index in [4.69, 9.17) is 10.7 Å². The van der Waals surface area contributed by atoms with Crippen molar-refractivity contribution in [3.8, 4) is 21.8 Å². The highest BCUT2D eigenvalue weighted by molar-refractivity contribution is 7.91. The Labute approximate surface area is 238 Å². The van der Waals surface area contributed by atoms with Gasteiger partial charge in [0.25, 0.3) is 5.91 Å². The molecule has 13 nitrogen and oxygen atoms in total. The number of H-pyrrole nitrogens is 1. The van der Waals surface area contributed by atoms with Crippen LogP contribution in [-0.2, 0) is 9.84 Å². The van der Waals surface area contributed by atoms with Gasteiger partial charge in [-0.1, -0.05) is 6.07 Å². The Morgan fingerprint density at radius 3 is 2.51 bits per heavy atom. The van der Waals surface area contributed by atoms with Gasteiger partial charge in [0.05, 0.1) is 17.6 Å². The monoisotopic (exact) mass is 590 g/mol. The van der Waals surface area contributed by atoms with Gasteiger partial charge in [0.2, 0.25) is 5.82 Å². The zero-order valence-corrected chi connectivity index (χ0v) is 23.9. The summed E-state index contributed by atoms with van der Waals surface area (Å²) in [6.07, 6.45) is 8.58. The fourth-order valence-corrected chi connectivity index (χ4v) is 8.02. The van der Waals surface area contributed by atoms with Gasteiger partial charge in [-0.25, -0.2) is 23.4 Å². The lowest BCUT2D eigenvalue weighted by Crippen LogP contribution is -2.46. The van der Waals surface area contributed by atoms with E-state index in [9.17, 15) is 13.2 Å². The molecule has 15 heteroatoms. The number of fused-ring (bicyclic) bond motifs is 3. The third-order valence-electron chi connectivity index (χ3n) is 7.92. The van der Waals surface area contributed by atoms with E-state index >= 15 is 0 Å². The number of piperidine rings is 1. The van der Waals surface area contributed by atoms with E-state index in [0.717, 1.165) is 41.1 Å². The molecule has 0 radical (unpaired) electrons. The summed E-state index contributed by atoms with van der Waals surface area (Å²) in [6, 6.07) is 3.68. The molecule has 0 saturated carbocycles. The molecule has 7 rings (SSSR count). The van der Waals surface area contributed by atoms with Crippen molar-refractivity contribution in [1.82, 2.24) is 44.6 Å². The Morgan fingerprint density at radius 2 is 1.90 bits per heavy atom. The summed E-state index contributed by atoms with van der Waals surface area (Å²) in [5.41, 5.74) is 10.5. The lowest BCUT2D eigenvalue weighted by atomic mass is 9.87. The van der Waals surface area contributed by atoms with E-state index in [-0.39, 0.29) is 40.4 Å². The van der Waals surface area contributed by atoms with Crippen molar-refractivity contribution >= 4 is 38.5 Å². The molecule has 2 fully saturated rings. The number of nitrogens with one attached hydrogen (secondary N) is 1. The molecule has 2 unspecified atom stereocenters. The number of carbonyl (C=O) groups is 1. The molecule has 0 aromatic carbocycles. The number of aromatic nitrogens is 8. The van der Waals surface area contributed by atoms with Crippen LogP contribution in [0.15, 0.2) is 41.1 Å². The number of nitrogen functional groups attached to an aromatic ring is 1. The van der Waals surface area contributed by atoms with Gasteiger partial charge < -0.3 is 10.6 Å². The van der Waals surface area contributed by atoms with E-state index in [2.05, 4.69) is 30.2 Å². The molecule has 0 spiro atoms. The maximum absolute atomic E-state index is 13.1. The van der Waals surface area contributed by atoms with Crippen molar-refractivity contribution in [2.75, 3.05) is 12.0 Å². The lowest BCUT2D eigenvalue weighted by Gasteiger charge is -2.38. The largest absolute Gasteiger partial charge is 0.382 e. The smallest absolute Gasteiger partial charge is 0.291 e. The molecule has 1 amide bonds. The zero-order valence-electron chi connectivity index (χ0n) is 22.2. The Kier molecular flexibility index (Phi) is 5.90. The van der Waals surface area contributed by atoms with Crippen LogP contribution in [0.1, 0.15) is 53.6 Å². The molecule has 2 atom stereocenters. The summed E-state index contributed by atoms with van der Waals surface area (Å²) in [5.74, 6) is -0.176. The molecule has 2 aliphatic rings. The fourth-order valence-electron chi connectivity index (χ4n) is 6.19. The summed E-state index contributed by atoms with van der Waals surface area (Å²) in [5, 5.41) is 13.7. The van der Waals surface area contributed by atoms with Gasteiger partial charge in [0.1, 0.15) is 22.0 Å². The number of pyridine rings is 1. The van der Waals surface area contributed by atoms with Gasteiger partial charge in [-0.2, -0.15) is 14.7 Å². The number of sulfone groups is 1. The standard InChI is InChI=1S/C26H26N10O3S2/c1-13-11-40-25(32-13)19-6-3-14(9-28-19)18-10-31-36-22(27)21(41(2,38)39)20(33-24(18)36)15-7-16-4-5-17(8-15)35(16)26(37)23-29-12-30-34-23/h3,6,9-12,15-17H,4-5,7-8,27H2,1-2H3,(H,29,30,34). The topological polar surface area (TPSA) is 178 Å². The molecule has 5 aromatic heterocycles. The minimum absolute atomic E-state index is 0.00771. The normalized spacial score (nSPS) is 20.6. The maximum Gasteiger partial charge on any atom is 0.291 e. The van der Waals surface area contributed by atoms with Crippen molar-refractivity contribution in [1.29, 1.82) is 0 Å². The number of nitrogens with two attached hydrogens (primary N) is 1. The van der Waals surface area contributed by atoms with Crippen molar-refractivity contribution in [3.63, 3.8) is 0 Å². The predicted octanol–water partition coefficient (Wildman–Crippen LogP) is 2.88. The number of nitrogens with zero attached hydrogens (tertiary/aromatic N) is 8. The quantitative estimate of drug-likeness (QED) is 0.309. The van der Waals surface area contributed by atoms with Crippen LogP contribution in [-0.4, -0.2) is 77.3 Å². The average molecular weight is 591 g/mol. The first-order chi connectivity index (χ1) is 19.7. The van der Waals surface area contributed by atoms with Gasteiger partial charge in [-0.05, 0) is 38.7 Å². The molecular weight excluding hydrogens is 564 g/mol. The number of amides is 1. The summed E-state index contributed by atoms with van der Waals surface area (Å²) in [6.45, 7) is 1.94. The van der Waals surface area contributed by atoms with Crippen molar-refractivity contribution in [2.24, 2.45) is 0 Å². The number of aromatic amines is 1. The van der Waals surface area contributed by atoms with Crippen LogP contribution < -0.4 is 5.73 Å². The third-order valence-corrected chi connectivity index (χ3v) is 10.1. The summed E-state index contributed by atoms with van der Waals surface area (Å²) in [7, 11) is -3.74. The fraction of sp³-hybridized carbons (Fsp3) is 0.346. The molecule has 2 aliphatic heterocycles. The van der Waals surface area contributed by atoms with Gasteiger partial charge in [-0.3, -0.25) is 14.9 Å². The number of hydrogen-bond acceptors (Lipinski definition) is 11. The second-order valence-electron chi connectivity index (χ2n) is 10.6. The van der Waals surface area contributed by atoms with E-state index in [0.29, 0.717) is 29.7 Å². The molecule has 2 bridgehead atoms. The van der Waals surface area contributed by atoms with Crippen LogP contribution in [0.25, 0.3) is 27.5 Å². The number of aryl methyl sites for hydroxylation is 1. The first-order valence-corrected chi connectivity index (χ1v) is 15.9. The molecular formula is C26H26N10O3S2. The van der Waals surface area contributed by atoms with Crippen molar-refractivity contribution in [2.45, 2.75) is 55.5 Å². The number of anilines is 1. The molecule has 0 aliphatic carbocycles. The SMILES string of the molecule is Cc1csc(-c2ccc(-c3cnn4c(N)c(S(C)(=O)=O)c(C5CC6CCC(C5)N6C(=O)c5ncn[nH]5)nc34)cn2)n1. The Morgan fingerprint density at radius 1 is 1.12 bits per heavy atom. The van der Waals surface area contributed by atoms with Crippen LogP contribution in [0.2, 0.25) is 0 Å². The molecule has 210 valence electrons. The van der Waals surface area contributed by atoms with Crippen LogP contribution >= 0.6 is 11.3 Å². The second-order valence-corrected chi connectivity index (χ2v) is 13.4. The number of thiazole rings is 1. The summed E-state index contributed by atoms with van der Waals surface area (Å²) >= 11 is 1.53. The number of carbonyl (C=O) groups excluding carboxylic acids is 1. The van der Waals surface area contributed by atoms with Crippen molar-refractivity contribution in [3.05, 3.63) is 53.4 Å². The highest BCUT2D eigenvalue weighted by atomic mass is 32.2. The van der Waals surface area contributed by atoms with Gasteiger partial charge >= 0.3 is 0 Å². The average Bonchev–Trinajstić information content (AvgIpc) is 3.74. The van der Waals surface area contributed by atoms with Crippen molar-refractivity contribution < 1.29 is 13.2 Å². The summed E-state index contributed by atoms with van der Waals surface area (Å²) in [4.78, 5) is 33.1. The highest BCUT2D eigenvalue weighted by Crippen LogP contribution is 2.45. The van der Waals surface area contributed by atoms with Crippen LogP contribution in [0.3, 0.4) is 0 Å². The van der Waals surface area contributed by atoms with Crippen LogP contribution in [0.5, 0.6) is 0 Å². The van der Waals surface area contributed by atoms with Gasteiger partial charge in [-0.15, -0.1) is 11.3 Å². The van der Waals surface area contributed by atoms with E-state index in [1.165, 1.54) is 22.2 Å². The van der Waals surface area contributed by atoms with Gasteiger partial charge in [0.15, 0.2) is 15.5 Å². The molecule has 7 heterocycles. The predicted molar refractivity (Wildman–Crippen MR) is 151 cm³/mol. The maximum atomic E-state index is 13.1. The first kappa shape index (κ1) is 25.7. The first-order valence-electron chi connectivity index (χ1n) is 13.1. The molecule has 2 saturated heterocycles. The van der Waals surface area contributed by atoms with E-state index < -0.39 is 9.84 Å². The van der Waals surface area contributed by atoms with E-state index in [1.807, 2.05) is 29.3 Å². The molecule has 3 N–H and O–H groups in total. The minimum Gasteiger partial charge on any atom is -0.382 e. The van der Waals surface area contributed by atoms with Gasteiger partial charge in [0, 0.05) is 52.7 Å². The zero-order chi connectivity index (χ0) is 28.5. The Bertz CT molecular complexity index is 1880. The van der Waals surface area contributed by atoms with E-state index in [1.54, 1.807) is 12.4 Å². The number of hydrogen-bond donors (Lipinski definition) is 2. The van der Waals surface area contributed by atoms with Crippen LogP contribution in [0.4, 0.5) is 5.82 Å². The van der Waals surface area contributed by atoms with Crippen LogP contribution in [0, 0.1) is 6.92 Å². The summed E-state index contributed by atoms with van der Waals surface area (Å²) < 4.78 is 27.5. The highest BCUT2D eigenvalue weighted by Gasteiger charge is 2.46. The Balaban J connectivity index is 1.28.